The van der Waals surface area contributed by atoms with E-state index in [2.05, 4.69) is 22.6 Å². The van der Waals surface area contributed by atoms with Gasteiger partial charge < -0.3 is 15.5 Å². The molecule has 2 rings (SSSR count). The van der Waals surface area contributed by atoms with Gasteiger partial charge in [0.25, 0.3) is 0 Å². The number of hydrogen-bond acceptors (Lipinski definition) is 4. The Labute approximate surface area is 129 Å². The standard InChI is InChI=1S/C17H17N3O2/c18-20-16-10-8-14(9-11-16)7-4-12-19-17(21)22-13-15-5-2-1-3-6-15/h1-3,5-6,8-11,20H,12-13,18H2,(H,19,21). The van der Waals surface area contributed by atoms with Crippen molar-refractivity contribution in [1.82, 2.24) is 5.32 Å². The van der Waals surface area contributed by atoms with Gasteiger partial charge in [0.05, 0.1) is 6.54 Å². The zero-order chi connectivity index (χ0) is 15.6. The molecule has 0 saturated carbocycles. The number of hydrogen-bond donors (Lipinski definition) is 3. The third kappa shape index (κ3) is 5.19. The van der Waals surface area contributed by atoms with Crippen molar-refractivity contribution in [3.05, 3.63) is 65.7 Å². The molecule has 0 aliphatic carbocycles. The third-order valence-corrected chi connectivity index (χ3v) is 2.82. The highest BCUT2D eigenvalue weighted by Crippen LogP contribution is 2.06. The molecule has 0 unspecified atom stereocenters. The molecule has 4 N–H and O–H groups in total. The highest BCUT2D eigenvalue weighted by atomic mass is 16.5. The Morgan fingerprint density at radius 1 is 1.09 bits per heavy atom. The molecule has 112 valence electrons. The summed E-state index contributed by atoms with van der Waals surface area (Å²) in [5, 5.41) is 2.58. The second-order valence-electron chi connectivity index (χ2n) is 4.44. The van der Waals surface area contributed by atoms with Crippen molar-refractivity contribution >= 4 is 11.8 Å². The summed E-state index contributed by atoms with van der Waals surface area (Å²) in [6.07, 6.45) is -0.485. The van der Waals surface area contributed by atoms with E-state index in [1.807, 2.05) is 54.6 Å². The molecule has 0 aromatic heterocycles. The van der Waals surface area contributed by atoms with Crippen molar-refractivity contribution in [1.29, 1.82) is 0 Å². The number of nitrogens with one attached hydrogen (secondary N) is 2. The number of benzene rings is 2. The van der Waals surface area contributed by atoms with Crippen LogP contribution in [0.2, 0.25) is 0 Å². The Hall–Kier alpha value is -2.97. The van der Waals surface area contributed by atoms with Crippen LogP contribution in [0.3, 0.4) is 0 Å². The quantitative estimate of drug-likeness (QED) is 0.459. The van der Waals surface area contributed by atoms with E-state index < -0.39 is 6.09 Å². The van der Waals surface area contributed by atoms with Crippen molar-refractivity contribution < 1.29 is 9.53 Å². The van der Waals surface area contributed by atoms with Crippen LogP contribution in [0.15, 0.2) is 54.6 Å². The number of nitrogen functional groups attached to an aromatic ring is 1. The van der Waals surface area contributed by atoms with Gasteiger partial charge in [0.15, 0.2) is 0 Å². The summed E-state index contributed by atoms with van der Waals surface area (Å²) in [4.78, 5) is 11.5. The van der Waals surface area contributed by atoms with Crippen molar-refractivity contribution in [2.75, 3.05) is 12.0 Å². The number of carbonyl (C=O) groups is 1. The third-order valence-electron chi connectivity index (χ3n) is 2.82. The van der Waals surface area contributed by atoms with E-state index in [-0.39, 0.29) is 13.2 Å². The Morgan fingerprint density at radius 3 is 2.50 bits per heavy atom. The fraction of sp³-hybridized carbons (Fsp3) is 0.118. The number of amides is 1. The number of anilines is 1. The lowest BCUT2D eigenvalue weighted by Gasteiger charge is -2.04. The monoisotopic (exact) mass is 295 g/mol. The second kappa shape index (κ2) is 8.35. The molecule has 0 bridgehead atoms. The van der Waals surface area contributed by atoms with Crippen LogP contribution < -0.4 is 16.6 Å². The predicted molar refractivity (Wildman–Crippen MR) is 85.8 cm³/mol. The first kappa shape index (κ1) is 15.4. The Kier molecular flexibility index (Phi) is 5.85. The van der Waals surface area contributed by atoms with Crippen LogP contribution in [-0.2, 0) is 11.3 Å². The molecular formula is C17H17N3O2. The molecule has 0 spiro atoms. The van der Waals surface area contributed by atoms with Crippen LogP contribution in [0, 0.1) is 11.8 Å². The van der Waals surface area contributed by atoms with E-state index in [9.17, 15) is 4.79 Å². The van der Waals surface area contributed by atoms with Crippen molar-refractivity contribution in [3.63, 3.8) is 0 Å². The van der Waals surface area contributed by atoms with Gasteiger partial charge in [-0.2, -0.15) is 0 Å². The molecule has 0 radical (unpaired) electrons. The van der Waals surface area contributed by atoms with Gasteiger partial charge in [0.1, 0.15) is 6.61 Å². The molecule has 0 saturated heterocycles. The van der Waals surface area contributed by atoms with E-state index in [0.717, 1.165) is 16.8 Å². The number of nitrogens with two attached hydrogens (primary N) is 1. The summed E-state index contributed by atoms with van der Waals surface area (Å²) in [7, 11) is 0. The van der Waals surface area contributed by atoms with Gasteiger partial charge in [-0.05, 0) is 29.8 Å². The maximum atomic E-state index is 11.5. The first-order valence-electron chi connectivity index (χ1n) is 6.78. The molecule has 2 aromatic rings. The largest absolute Gasteiger partial charge is 0.445 e. The van der Waals surface area contributed by atoms with Crippen LogP contribution in [0.5, 0.6) is 0 Å². The van der Waals surface area contributed by atoms with Gasteiger partial charge in [-0.25, -0.2) is 4.79 Å². The van der Waals surface area contributed by atoms with E-state index >= 15 is 0 Å². The van der Waals surface area contributed by atoms with E-state index in [1.165, 1.54) is 0 Å². The second-order valence-corrected chi connectivity index (χ2v) is 4.44. The summed E-state index contributed by atoms with van der Waals surface area (Å²) in [6.45, 7) is 0.470. The van der Waals surface area contributed by atoms with E-state index in [4.69, 9.17) is 10.6 Å². The van der Waals surface area contributed by atoms with Crippen molar-refractivity contribution in [2.24, 2.45) is 5.84 Å². The Balaban J connectivity index is 1.71. The van der Waals surface area contributed by atoms with E-state index in [1.54, 1.807) is 0 Å². The highest BCUT2D eigenvalue weighted by Gasteiger charge is 2.00. The predicted octanol–water partition coefficient (Wildman–Crippen LogP) is 2.25. The van der Waals surface area contributed by atoms with Gasteiger partial charge in [0, 0.05) is 11.3 Å². The van der Waals surface area contributed by atoms with Crippen molar-refractivity contribution in [2.45, 2.75) is 6.61 Å². The minimum atomic E-state index is -0.485. The molecule has 0 heterocycles. The number of carbonyl (C=O) groups excluding carboxylic acids is 1. The van der Waals surface area contributed by atoms with Gasteiger partial charge in [-0.3, -0.25) is 5.84 Å². The fourth-order valence-electron chi connectivity index (χ4n) is 1.69. The Bertz CT molecular complexity index is 658. The lowest BCUT2D eigenvalue weighted by Crippen LogP contribution is -2.24. The van der Waals surface area contributed by atoms with Crippen LogP contribution in [-0.4, -0.2) is 12.6 Å². The van der Waals surface area contributed by atoms with E-state index in [0.29, 0.717) is 0 Å². The van der Waals surface area contributed by atoms with Crippen LogP contribution >= 0.6 is 0 Å². The van der Waals surface area contributed by atoms with Crippen LogP contribution in [0.25, 0.3) is 0 Å². The molecule has 0 atom stereocenters. The molecule has 1 amide bonds. The van der Waals surface area contributed by atoms with Gasteiger partial charge in [-0.1, -0.05) is 42.2 Å². The first-order chi connectivity index (χ1) is 10.8. The smallest absolute Gasteiger partial charge is 0.408 e. The molecule has 5 nitrogen and oxygen atoms in total. The number of ether oxygens (including phenoxy) is 1. The average Bonchev–Trinajstić information content (AvgIpc) is 2.58. The minimum Gasteiger partial charge on any atom is -0.445 e. The van der Waals surface area contributed by atoms with Gasteiger partial charge >= 0.3 is 6.09 Å². The SMILES string of the molecule is NNc1ccc(C#CCNC(=O)OCc2ccccc2)cc1. The number of rotatable bonds is 4. The summed E-state index contributed by atoms with van der Waals surface area (Å²) < 4.78 is 5.07. The first-order valence-corrected chi connectivity index (χ1v) is 6.78. The summed E-state index contributed by atoms with van der Waals surface area (Å²) >= 11 is 0. The zero-order valence-corrected chi connectivity index (χ0v) is 12.0. The molecular weight excluding hydrogens is 278 g/mol. The minimum absolute atomic E-state index is 0.227. The van der Waals surface area contributed by atoms with Gasteiger partial charge in [-0.15, -0.1) is 0 Å². The lowest BCUT2D eigenvalue weighted by molar-refractivity contribution is 0.141. The number of alkyl carbamates (subject to hydrolysis) is 1. The number of hydrazine groups is 1. The lowest BCUT2D eigenvalue weighted by atomic mass is 10.2. The topological polar surface area (TPSA) is 76.4 Å². The van der Waals surface area contributed by atoms with Gasteiger partial charge in [0.2, 0.25) is 0 Å². The fourth-order valence-corrected chi connectivity index (χ4v) is 1.69. The summed E-state index contributed by atoms with van der Waals surface area (Å²) in [6, 6.07) is 16.8. The normalized spacial score (nSPS) is 9.32. The summed E-state index contributed by atoms with van der Waals surface area (Å²) in [5.41, 5.74) is 5.14. The molecule has 22 heavy (non-hydrogen) atoms. The van der Waals surface area contributed by atoms with Crippen LogP contribution in [0.4, 0.5) is 10.5 Å². The molecule has 0 fully saturated rings. The molecule has 0 aliphatic heterocycles. The summed E-state index contributed by atoms with van der Waals surface area (Å²) in [5.74, 6) is 11.1. The Morgan fingerprint density at radius 2 is 1.82 bits per heavy atom. The average molecular weight is 295 g/mol. The van der Waals surface area contributed by atoms with Crippen molar-refractivity contribution in [3.8, 4) is 11.8 Å². The van der Waals surface area contributed by atoms with Crippen LogP contribution in [0.1, 0.15) is 11.1 Å². The maximum absolute atomic E-state index is 11.5. The molecule has 2 aromatic carbocycles. The maximum Gasteiger partial charge on any atom is 0.408 e. The molecule has 5 heteroatoms. The highest BCUT2D eigenvalue weighted by molar-refractivity contribution is 5.67. The molecule has 0 aliphatic rings. The zero-order valence-electron chi connectivity index (χ0n) is 12.0.